The molecule has 0 aliphatic heterocycles. The van der Waals surface area contributed by atoms with Gasteiger partial charge in [0, 0.05) is 0 Å². The van der Waals surface area contributed by atoms with Crippen LogP contribution in [0.25, 0.3) is 43.1 Å². The van der Waals surface area contributed by atoms with Gasteiger partial charge in [-0.05, 0) is 0 Å². The van der Waals surface area contributed by atoms with Gasteiger partial charge in [0.15, 0.2) is 0 Å². The van der Waals surface area contributed by atoms with Crippen LogP contribution in [0.1, 0.15) is 0 Å². The number of hydrogen-bond donors (Lipinski definition) is 0. The standard InChI is InChI=1S/4C9H7.2Ce.2ClH/c4*1-2-5-9-7-3-6-8(9)4-1;;;;/h4*1-7H;;;2*1H/q4*-1;2*+3;;/p-2. The monoisotopic (exact) mass is 810 g/mol. The average Bonchev–Trinajstić information content (AvgIpc) is 3.76. The smallest absolute Gasteiger partial charge is 1.00 e. The van der Waals surface area contributed by atoms with Gasteiger partial charge >= 0.3 is 83.5 Å². The van der Waals surface area contributed by atoms with Gasteiger partial charge in [0.05, 0.1) is 0 Å². The molecule has 0 fully saturated rings. The van der Waals surface area contributed by atoms with Crippen molar-refractivity contribution in [3.8, 4) is 0 Å². The van der Waals surface area contributed by atoms with Crippen LogP contribution in [-0.4, -0.2) is 0 Å². The maximum absolute atomic E-state index is 2.12. The van der Waals surface area contributed by atoms with E-state index in [1.807, 2.05) is 0 Å². The van der Waals surface area contributed by atoms with Gasteiger partial charge in [-0.3, -0.25) is 0 Å². The molecule has 0 unspecified atom stereocenters. The Morgan fingerprint density at radius 2 is 0.475 bits per heavy atom. The Morgan fingerprint density at radius 3 is 0.675 bits per heavy atom. The molecule has 0 aromatic heterocycles. The molecular formula is C36H28Ce2Cl2. The second-order valence-electron chi connectivity index (χ2n) is 8.62. The Labute approximate surface area is 316 Å². The maximum atomic E-state index is 2.12. The van der Waals surface area contributed by atoms with Crippen LogP contribution in [0.4, 0.5) is 0 Å². The number of halogens is 2. The van der Waals surface area contributed by atoms with E-state index in [1.165, 1.54) is 43.1 Å². The van der Waals surface area contributed by atoms with E-state index in [2.05, 4.69) is 170 Å². The molecule has 8 aromatic rings. The van der Waals surface area contributed by atoms with Crippen molar-refractivity contribution in [3.05, 3.63) is 170 Å². The molecule has 0 atom stereocenters. The zero-order chi connectivity index (χ0) is 24.4. The number of hydrogen-bond acceptors (Lipinski definition) is 0. The molecular weight excluding hydrogens is 784 g/mol. The molecule has 8 rings (SSSR count). The van der Waals surface area contributed by atoms with E-state index in [4.69, 9.17) is 0 Å². The van der Waals surface area contributed by atoms with Gasteiger partial charge in [0.2, 0.25) is 0 Å². The number of rotatable bonds is 0. The zero-order valence-corrected chi connectivity index (χ0v) is 29.7. The predicted octanol–water partition coefficient (Wildman–Crippen LogP) is 4.24. The molecule has 0 heterocycles. The summed E-state index contributed by atoms with van der Waals surface area (Å²) in [4.78, 5) is 0. The average molecular weight is 812 g/mol. The van der Waals surface area contributed by atoms with Gasteiger partial charge in [-0.2, -0.15) is 70.1 Å². The van der Waals surface area contributed by atoms with Crippen molar-refractivity contribution in [1.82, 2.24) is 0 Å². The predicted molar refractivity (Wildman–Crippen MR) is 158 cm³/mol. The Balaban J connectivity index is 0.000000258. The summed E-state index contributed by atoms with van der Waals surface area (Å²) in [6, 6.07) is 58.7. The fourth-order valence-electron chi connectivity index (χ4n) is 4.28. The Kier molecular flexibility index (Phi) is 18.1. The van der Waals surface area contributed by atoms with Crippen LogP contribution >= 0.6 is 0 Å². The van der Waals surface area contributed by atoms with Crippen LogP contribution in [0.15, 0.2) is 170 Å². The molecule has 0 nitrogen and oxygen atoms in total. The summed E-state index contributed by atoms with van der Waals surface area (Å²) >= 11 is 0. The minimum absolute atomic E-state index is 0. The third-order valence-corrected chi connectivity index (χ3v) is 6.19. The van der Waals surface area contributed by atoms with Crippen molar-refractivity contribution in [2.75, 3.05) is 0 Å². The molecule has 0 amide bonds. The quantitative estimate of drug-likeness (QED) is 0.202. The molecule has 4 heteroatoms. The van der Waals surface area contributed by atoms with Crippen LogP contribution in [0.3, 0.4) is 0 Å². The molecule has 40 heavy (non-hydrogen) atoms. The van der Waals surface area contributed by atoms with E-state index >= 15 is 0 Å². The molecule has 0 saturated heterocycles. The topological polar surface area (TPSA) is 0 Å². The summed E-state index contributed by atoms with van der Waals surface area (Å²) in [5.41, 5.74) is 0. The van der Waals surface area contributed by atoms with E-state index in [9.17, 15) is 0 Å². The first kappa shape index (κ1) is 36.7. The summed E-state index contributed by atoms with van der Waals surface area (Å²) in [6.45, 7) is 0. The summed E-state index contributed by atoms with van der Waals surface area (Å²) in [6.07, 6.45) is 0. The minimum Gasteiger partial charge on any atom is -1.00 e. The number of fused-ring (bicyclic) bond motifs is 4. The SMILES string of the molecule is [Ce+3].[Ce+3].[Cl-].[Cl-].c1ccc2[cH-]ccc2c1.c1ccc2[cH-]ccc2c1.c1ccc2[cH-]ccc2c1.c1ccc2[cH-]ccc2c1. The van der Waals surface area contributed by atoms with Gasteiger partial charge in [0.1, 0.15) is 0 Å². The van der Waals surface area contributed by atoms with Crippen LogP contribution in [0.2, 0.25) is 0 Å². The second kappa shape index (κ2) is 19.7. The summed E-state index contributed by atoms with van der Waals surface area (Å²) in [5.74, 6) is 0. The van der Waals surface area contributed by atoms with Gasteiger partial charge in [-0.25, -0.2) is 0 Å². The maximum Gasteiger partial charge on any atom is 3.00 e. The van der Waals surface area contributed by atoms with Gasteiger partial charge in [0.25, 0.3) is 0 Å². The van der Waals surface area contributed by atoms with Crippen molar-refractivity contribution < 1.29 is 108 Å². The minimum atomic E-state index is 0. The van der Waals surface area contributed by atoms with E-state index in [0.29, 0.717) is 0 Å². The first-order valence-corrected chi connectivity index (χ1v) is 12.3. The normalized spacial score (nSPS) is 9.20. The molecule has 194 valence electrons. The third kappa shape index (κ3) is 10.5. The summed E-state index contributed by atoms with van der Waals surface area (Å²) < 4.78 is 0. The van der Waals surface area contributed by atoms with Gasteiger partial charge in [-0.15, -0.1) is 119 Å². The molecule has 0 saturated carbocycles. The summed E-state index contributed by atoms with van der Waals surface area (Å²) in [7, 11) is 0. The first-order valence-electron chi connectivity index (χ1n) is 12.3. The molecule has 0 bridgehead atoms. The van der Waals surface area contributed by atoms with E-state index < -0.39 is 0 Å². The Bertz CT molecular complexity index is 1380. The zero-order valence-electron chi connectivity index (χ0n) is 21.9. The van der Waals surface area contributed by atoms with Crippen LogP contribution in [0.5, 0.6) is 0 Å². The fraction of sp³-hybridized carbons (Fsp3) is 0. The molecule has 2 radical (unpaired) electrons. The van der Waals surface area contributed by atoms with Crippen molar-refractivity contribution in [1.29, 1.82) is 0 Å². The van der Waals surface area contributed by atoms with Crippen molar-refractivity contribution >= 4 is 43.1 Å². The summed E-state index contributed by atoms with van der Waals surface area (Å²) in [5, 5.41) is 10.6. The number of benzene rings is 4. The van der Waals surface area contributed by atoms with Crippen molar-refractivity contribution in [2.45, 2.75) is 0 Å². The molecule has 0 aliphatic rings. The third-order valence-electron chi connectivity index (χ3n) is 6.19. The van der Waals surface area contributed by atoms with Crippen molar-refractivity contribution in [3.63, 3.8) is 0 Å². The first-order chi connectivity index (χ1) is 17.9. The molecule has 0 aliphatic carbocycles. The molecule has 0 spiro atoms. The van der Waals surface area contributed by atoms with Crippen LogP contribution in [0, 0.1) is 83.5 Å². The molecule has 0 N–H and O–H groups in total. The largest absolute Gasteiger partial charge is 3.00 e. The van der Waals surface area contributed by atoms with Crippen LogP contribution in [-0.2, 0) is 0 Å². The second-order valence-corrected chi connectivity index (χ2v) is 8.62. The van der Waals surface area contributed by atoms with E-state index in [1.54, 1.807) is 0 Å². The van der Waals surface area contributed by atoms with E-state index in [0.717, 1.165) is 0 Å². The fourth-order valence-corrected chi connectivity index (χ4v) is 4.28. The van der Waals surface area contributed by atoms with Crippen LogP contribution < -0.4 is 24.8 Å². The van der Waals surface area contributed by atoms with Gasteiger partial charge < -0.3 is 24.8 Å². The Morgan fingerprint density at radius 1 is 0.275 bits per heavy atom. The van der Waals surface area contributed by atoms with Crippen molar-refractivity contribution in [2.24, 2.45) is 0 Å². The Hall–Kier alpha value is -1.35. The van der Waals surface area contributed by atoms with E-state index in [-0.39, 0.29) is 108 Å². The van der Waals surface area contributed by atoms with Gasteiger partial charge in [-0.1, -0.05) is 24.3 Å². The molecule has 8 aromatic carbocycles.